The van der Waals surface area contributed by atoms with Crippen molar-refractivity contribution in [1.82, 2.24) is 9.62 Å². The number of hydrogen-bond acceptors (Lipinski definition) is 4. The number of rotatable bonds is 9. The Hall–Kier alpha value is -1.44. The van der Waals surface area contributed by atoms with Gasteiger partial charge in [-0.15, -0.1) is 0 Å². The summed E-state index contributed by atoms with van der Waals surface area (Å²) < 4.78 is 32.7. The zero-order chi connectivity index (χ0) is 20.7. The average Bonchev–Trinajstić information content (AvgIpc) is 2.66. The fourth-order valence-electron chi connectivity index (χ4n) is 3.23. The molecule has 1 aromatic carbocycles. The summed E-state index contributed by atoms with van der Waals surface area (Å²) in [7, 11) is -3.50. The van der Waals surface area contributed by atoms with Crippen LogP contribution in [0.1, 0.15) is 44.2 Å². The van der Waals surface area contributed by atoms with Crippen molar-refractivity contribution in [3.63, 3.8) is 0 Å². The van der Waals surface area contributed by atoms with Gasteiger partial charge in [0.2, 0.25) is 15.9 Å². The summed E-state index contributed by atoms with van der Waals surface area (Å²) in [6.45, 7) is 10.8. The lowest BCUT2D eigenvalue weighted by Crippen LogP contribution is -2.43. The molecule has 6 nitrogen and oxygen atoms in total. The van der Waals surface area contributed by atoms with Crippen molar-refractivity contribution in [1.29, 1.82) is 0 Å². The average molecular weight is 411 g/mol. The van der Waals surface area contributed by atoms with Crippen LogP contribution < -0.4 is 5.32 Å². The number of ether oxygens (including phenoxy) is 1. The molecule has 1 saturated heterocycles. The van der Waals surface area contributed by atoms with Crippen LogP contribution in [0.4, 0.5) is 0 Å². The Kier molecular flexibility index (Phi) is 8.46. The van der Waals surface area contributed by atoms with E-state index < -0.39 is 10.0 Å². The summed E-state index contributed by atoms with van der Waals surface area (Å²) in [5.74, 6) is 0.412. The minimum atomic E-state index is -3.50. The van der Waals surface area contributed by atoms with E-state index in [9.17, 15) is 13.2 Å². The second-order valence-corrected chi connectivity index (χ2v) is 9.98. The first-order valence-corrected chi connectivity index (χ1v) is 11.6. The lowest BCUT2D eigenvalue weighted by Gasteiger charge is -2.30. The maximum atomic E-state index is 12.9. The molecule has 1 aromatic rings. The molecule has 28 heavy (non-hydrogen) atoms. The Labute approximate surface area is 169 Å². The van der Waals surface area contributed by atoms with Crippen molar-refractivity contribution in [2.24, 2.45) is 11.8 Å². The molecule has 0 atom stereocenters. The van der Waals surface area contributed by atoms with E-state index in [0.717, 1.165) is 24.2 Å². The molecule has 1 aliphatic rings. The van der Waals surface area contributed by atoms with Crippen LogP contribution in [0.15, 0.2) is 23.1 Å². The van der Waals surface area contributed by atoms with Crippen LogP contribution in [0, 0.1) is 25.7 Å². The smallest absolute Gasteiger partial charge is 0.243 e. The van der Waals surface area contributed by atoms with Crippen molar-refractivity contribution >= 4 is 15.9 Å². The molecular formula is C21H34N2O4S. The number of carbonyl (C=O) groups excluding carboxylic acids is 1. The molecule has 1 amide bonds. The predicted octanol–water partition coefficient (Wildman–Crippen LogP) is 2.88. The minimum absolute atomic E-state index is 0.0205. The van der Waals surface area contributed by atoms with Crippen molar-refractivity contribution in [3.8, 4) is 0 Å². The predicted molar refractivity (Wildman–Crippen MR) is 111 cm³/mol. The third kappa shape index (κ3) is 6.29. The van der Waals surface area contributed by atoms with Crippen LogP contribution >= 0.6 is 0 Å². The van der Waals surface area contributed by atoms with Crippen LogP contribution in [-0.4, -0.2) is 51.5 Å². The van der Waals surface area contributed by atoms with Gasteiger partial charge < -0.3 is 10.1 Å². The highest BCUT2D eigenvalue weighted by atomic mass is 32.2. The van der Waals surface area contributed by atoms with Crippen LogP contribution in [0.25, 0.3) is 0 Å². The van der Waals surface area contributed by atoms with E-state index in [0.29, 0.717) is 49.9 Å². The van der Waals surface area contributed by atoms with E-state index in [1.54, 1.807) is 12.1 Å². The molecule has 1 N–H and O–H groups in total. The Morgan fingerprint density at radius 2 is 1.89 bits per heavy atom. The first-order chi connectivity index (χ1) is 13.2. The topological polar surface area (TPSA) is 75.7 Å². The quantitative estimate of drug-likeness (QED) is 0.635. The SMILES string of the molecule is Cc1ccc(S(=O)(=O)N2CCC(C(=O)NCCCOCC(C)C)CC2)cc1C. The number of piperidine rings is 1. The van der Waals surface area contributed by atoms with Crippen molar-refractivity contribution in [2.45, 2.75) is 51.9 Å². The number of amides is 1. The van der Waals surface area contributed by atoms with Gasteiger partial charge in [-0.2, -0.15) is 4.31 Å². The van der Waals surface area contributed by atoms with E-state index >= 15 is 0 Å². The monoisotopic (exact) mass is 410 g/mol. The van der Waals surface area contributed by atoms with Gasteiger partial charge in [0, 0.05) is 38.8 Å². The highest BCUT2D eigenvalue weighted by Crippen LogP contribution is 2.25. The molecule has 1 heterocycles. The van der Waals surface area contributed by atoms with Crippen LogP contribution in [0.3, 0.4) is 0 Å². The molecular weight excluding hydrogens is 376 g/mol. The van der Waals surface area contributed by atoms with Gasteiger partial charge in [0.15, 0.2) is 0 Å². The summed E-state index contributed by atoms with van der Waals surface area (Å²) in [6.07, 6.45) is 1.90. The van der Waals surface area contributed by atoms with Crippen LogP contribution in [0.2, 0.25) is 0 Å². The zero-order valence-electron chi connectivity index (χ0n) is 17.5. The van der Waals surface area contributed by atoms with Gasteiger partial charge >= 0.3 is 0 Å². The molecule has 0 saturated carbocycles. The normalized spacial score (nSPS) is 16.5. The van der Waals surface area contributed by atoms with Crippen molar-refractivity contribution < 1.29 is 17.9 Å². The minimum Gasteiger partial charge on any atom is -0.381 e. The third-order valence-electron chi connectivity index (χ3n) is 5.16. The molecule has 0 spiro atoms. The van der Waals surface area contributed by atoms with E-state index in [-0.39, 0.29) is 11.8 Å². The number of sulfonamides is 1. The first-order valence-electron chi connectivity index (χ1n) is 10.1. The van der Waals surface area contributed by atoms with Crippen LogP contribution in [0.5, 0.6) is 0 Å². The Bertz CT molecular complexity index is 754. The van der Waals surface area contributed by atoms with Gasteiger partial charge in [-0.3, -0.25) is 4.79 Å². The maximum Gasteiger partial charge on any atom is 0.243 e. The Morgan fingerprint density at radius 3 is 2.50 bits per heavy atom. The van der Waals surface area contributed by atoms with E-state index in [2.05, 4.69) is 19.2 Å². The lowest BCUT2D eigenvalue weighted by molar-refractivity contribution is -0.126. The fraction of sp³-hybridized carbons (Fsp3) is 0.667. The molecule has 2 rings (SSSR count). The molecule has 158 valence electrons. The molecule has 7 heteroatoms. The summed E-state index contributed by atoms with van der Waals surface area (Å²) >= 11 is 0. The number of benzene rings is 1. The molecule has 0 bridgehead atoms. The molecule has 0 unspecified atom stereocenters. The number of carbonyl (C=O) groups is 1. The van der Waals surface area contributed by atoms with Gasteiger partial charge in [-0.25, -0.2) is 8.42 Å². The van der Waals surface area contributed by atoms with Crippen molar-refractivity contribution in [3.05, 3.63) is 29.3 Å². The Balaban J connectivity index is 1.78. The fourth-order valence-corrected chi connectivity index (χ4v) is 4.79. The van der Waals surface area contributed by atoms with Crippen LogP contribution in [-0.2, 0) is 19.6 Å². The maximum absolute atomic E-state index is 12.9. The summed E-state index contributed by atoms with van der Waals surface area (Å²) in [6, 6.07) is 5.23. The molecule has 0 aromatic heterocycles. The van der Waals surface area contributed by atoms with E-state index in [1.165, 1.54) is 4.31 Å². The third-order valence-corrected chi connectivity index (χ3v) is 7.05. The van der Waals surface area contributed by atoms with Gasteiger partial charge in [0.05, 0.1) is 4.90 Å². The standard InChI is InChI=1S/C21H34N2O4S/c1-16(2)15-27-13-5-10-22-21(24)19-8-11-23(12-9-19)28(25,26)20-7-6-17(3)18(4)14-20/h6-7,14,16,19H,5,8-13,15H2,1-4H3,(H,22,24). The van der Waals surface area contributed by atoms with E-state index in [4.69, 9.17) is 4.74 Å². The first kappa shape index (κ1) is 22.8. The molecule has 0 aliphatic carbocycles. The van der Waals surface area contributed by atoms with E-state index in [1.807, 2.05) is 19.9 Å². The summed E-state index contributed by atoms with van der Waals surface area (Å²) in [5.41, 5.74) is 2.04. The zero-order valence-corrected chi connectivity index (χ0v) is 18.3. The molecule has 1 fully saturated rings. The second-order valence-electron chi connectivity index (χ2n) is 8.04. The Morgan fingerprint density at radius 1 is 1.21 bits per heavy atom. The largest absolute Gasteiger partial charge is 0.381 e. The summed E-state index contributed by atoms with van der Waals surface area (Å²) in [4.78, 5) is 12.7. The highest BCUT2D eigenvalue weighted by molar-refractivity contribution is 7.89. The molecule has 0 radical (unpaired) electrons. The number of hydrogen-bond donors (Lipinski definition) is 1. The van der Waals surface area contributed by atoms with Gasteiger partial charge in [0.25, 0.3) is 0 Å². The highest BCUT2D eigenvalue weighted by Gasteiger charge is 2.32. The van der Waals surface area contributed by atoms with Gasteiger partial charge in [-0.1, -0.05) is 19.9 Å². The molecule has 1 aliphatic heterocycles. The number of nitrogens with zero attached hydrogens (tertiary/aromatic N) is 1. The number of nitrogens with one attached hydrogen (secondary N) is 1. The number of aryl methyl sites for hydroxylation is 2. The second kappa shape index (κ2) is 10.4. The van der Waals surface area contributed by atoms with Gasteiger partial charge in [0.1, 0.15) is 0 Å². The lowest BCUT2D eigenvalue weighted by atomic mass is 9.97. The van der Waals surface area contributed by atoms with Gasteiger partial charge in [-0.05, 0) is 62.3 Å². The summed E-state index contributed by atoms with van der Waals surface area (Å²) in [5, 5.41) is 2.95. The van der Waals surface area contributed by atoms with Crippen molar-refractivity contribution in [2.75, 3.05) is 32.8 Å².